The molecule has 0 saturated carbocycles. The number of nitrogens with zero attached hydrogens (tertiary/aromatic N) is 2. The molecule has 0 aliphatic carbocycles. The van der Waals surface area contributed by atoms with Crippen molar-refractivity contribution in [1.82, 2.24) is 9.96 Å². The molecule has 1 aromatic rings. The summed E-state index contributed by atoms with van der Waals surface area (Å²) in [7, 11) is 7.09. The molecule has 0 bridgehead atoms. The molecule has 0 aliphatic rings. The molecule has 0 heterocycles. The Morgan fingerprint density at radius 2 is 1.75 bits per heavy atom. The molecule has 0 radical (unpaired) electrons. The maximum Gasteiger partial charge on any atom is 0.277 e. The highest BCUT2D eigenvalue weighted by Gasteiger charge is 2.10. The summed E-state index contributed by atoms with van der Waals surface area (Å²) in [5, 5.41) is 1.21. The maximum atomic E-state index is 11.7. The van der Waals surface area contributed by atoms with Crippen molar-refractivity contribution in [2.75, 3.05) is 28.3 Å². The molecule has 16 heavy (non-hydrogen) atoms. The van der Waals surface area contributed by atoms with Crippen molar-refractivity contribution in [3.05, 3.63) is 35.4 Å². The van der Waals surface area contributed by atoms with Crippen LogP contribution in [-0.4, -0.2) is 44.1 Å². The fourth-order valence-electron chi connectivity index (χ4n) is 1.38. The summed E-state index contributed by atoms with van der Waals surface area (Å²) in [6, 6.07) is 7.54. The minimum Gasteiger partial charge on any atom is -0.305 e. The van der Waals surface area contributed by atoms with Crippen LogP contribution in [0.2, 0.25) is 0 Å². The van der Waals surface area contributed by atoms with Gasteiger partial charge in [-0.15, -0.1) is 0 Å². The average Bonchev–Trinajstić information content (AvgIpc) is 2.27. The highest BCUT2D eigenvalue weighted by atomic mass is 16.7. The van der Waals surface area contributed by atoms with Gasteiger partial charge >= 0.3 is 0 Å². The second-order valence-electron chi connectivity index (χ2n) is 3.92. The van der Waals surface area contributed by atoms with Crippen LogP contribution in [0.15, 0.2) is 24.3 Å². The summed E-state index contributed by atoms with van der Waals surface area (Å²) < 4.78 is 0. The van der Waals surface area contributed by atoms with E-state index in [1.54, 1.807) is 7.05 Å². The molecule has 1 rings (SSSR count). The van der Waals surface area contributed by atoms with Gasteiger partial charge in [0.15, 0.2) is 0 Å². The Kier molecular flexibility index (Phi) is 4.46. The quantitative estimate of drug-likeness (QED) is 0.722. The summed E-state index contributed by atoms with van der Waals surface area (Å²) in [5.74, 6) is -0.140. The monoisotopic (exact) mass is 222 g/mol. The van der Waals surface area contributed by atoms with Gasteiger partial charge in [-0.1, -0.05) is 12.1 Å². The smallest absolute Gasteiger partial charge is 0.277 e. The average molecular weight is 222 g/mol. The van der Waals surface area contributed by atoms with Crippen LogP contribution in [0.5, 0.6) is 0 Å². The number of carbonyl (C=O) groups is 1. The van der Waals surface area contributed by atoms with E-state index < -0.39 is 0 Å². The van der Waals surface area contributed by atoms with Crippen LogP contribution in [0, 0.1) is 0 Å². The van der Waals surface area contributed by atoms with Crippen LogP contribution < -0.4 is 0 Å². The number of amides is 1. The third-order valence-corrected chi connectivity index (χ3v) is 2.26. The van der Waals surface area contributed by atoms with Crippen LogP contribution in [-0.2, 0) is 11.4 Å². The van der Waals surface area contributed by atoms with Crippen molar-refractivity contribution < 1.29 is 9.63 Å². The van der Waals surface area contributed by atoms with E-state index in [4.69, 9.17) is 4.84 Å². The highest BCUT2D eigenvalue weighted by molar-refractivity contribution is 5.93. The minimum absolute atomic E-state index is 0.140. The lowest BCUT2D eigenvalue weighted by molar-refractivity contribution is -0.0756. The molecule has 0 N–H and O–H groups in total. The van der Waals surface area contributed by atoms with Crippen LogP contribution in [0.3, 0.4) is 0 Å². The zero-order chi connectivity index (χ0) is 12.1. The summed E-state index contributed by atoms with van der Waals surface area (Å²) in [6.07, 6.45) is 0. The van der Waals surface area contributed by atoms with Crippen LogP contribution in [0.25, 0.3) is 0 Å². The van der Waals surface area contributed by atoms with Gasteiger partial charge in [-0.3, -0.25) is 9.63 Å². The molecule has 1 amide bonds. The number of hydrogen-bond acceptors (Lipinski definition) is 3. The topological polar surface area (TPSA) is 32.8 Å². The molecule has 0 spiro atoms. The van der Waals surface area contributed by atoms with Gasteiger partial charge in [-0.2, -0.15) is 0 Å². The van der Waals surface area contributed by atoms with Crippen molar-refractivity contribution in [1.29, 1.82) is 0 Å². The summed E-state index contributed by atoms with van der Waals surface area (Å²) in [4.78, 5) is 18.6. The third-order valence-electron chi connectivity index (χ3n) is 2.26. The van der Waals surface area contributed by atoms with E-state index in [-0.39, 0.29) is 5.91 Å². The lowest BCUT2D eigenvalue weighted by atomic mass is 10.1. The highest BCUT2D eigenvalue weighted by Crippen LogP contribution is 2.08. The SMILES string of the molecule is CON(C)C(=O)c1ccc(CN(C)C)cc1. The van der Waals surface area contributed by atoms with Gasteiger partial charge < -0.3 is 4.90 Å². The largest absolute Gasteiger partial charge is 0.305 e. The first kappa shape index (κ1) is 12.7. The third kappa shape index (κ3) is 3.32. The van der Waals surface area contributed by atoms with Gasteiger partial charge in [-0.25, -0.2) is 5.06 Å². The lowest BCUT2D eigenvalue weighted by Crippen LogP contribution is -2.25. The van der Waals surface area contributed by atoms with E-state index in [1.165, 1.54) is 17.7 Å². The molecule has 0 aromatic heterocycles. The zero-order valence-corrected chi connectivity index (χ0v) is 10.2. The predicted molar refractivity (Wildman–Crippen MR) is 62.9 cm³/mol. The van der Waals surface area contributed by atoms with Gasteiger partial charge in [0.05, 0.1) is 7.11 Å². The fourth-order valence-corrected chi connectivity index (χ4v) is 1.38. The van der Waals surface area contributed by atoms with E-state index in [0.29, 0.717) is 5.56 Å². The minimum atomic E-state index is -0.140. The van der Waals surface area contributed by atoms with Crippen LogP contribution in [0.1, 0.15) is 15.9 Å². The molecule has 0 fully saturated rings. The number of hydroxylamine groups is 2. The summed E-state index contributed by atoms with van der Waals surface area (Å²) in [6.45, 7) is 0.870. The van der Waals surface area contributed by atoms with E-state index in [1.807, 2.05) is 38.4 Å². The van der Waals surface area contributed by atoms with E-state index in [0.717, 1.165) is 6.54 Å². The Balaban J connectivity index is 2.74. The van der Waals surface area contributed by atoms with Gasteiger partial charge in [0, 0.05) is 19.2 Å². The maximum absolute atomic E-state index is 11.7. The molecule has 4 heteroatoms. The van der Waals surface area contributed by atoms with E-state index in [2.05, 4.69) is 4.90 Å². The van der Waals surface area contributed by atoms with Gasteiger partial charge in [0.2, 0.25) is 0 Å². The molecule has 0 unspecified atom stereocenters. The van der Waals surface area contributed by atoms with Crippen LogP contribution >= 0.6 is 0 Å². The molecule has 0 aliphatic heterocycles. The fraction of sp³-hybridized carbons (Fsp3) is 0.417. The number of benzene rings is 1. The molecule has 0 atom stereocenters. The summed E-state index contributed by atoms with van der Waals surface area (Å²) >= 11 is 0. The van der Waals surface area contributed by atoms with Crippen molar-refractivity contribution in [3.8, 4) is 0 Å². The van der Waals surface area contributed by atoms with Crippen molar-refractivity contribution in [2.45, 2.75) is 6.54 Å². The first-order valence-electron chi connectivity index (χ1n) is 5.10. The zero-order valence-electron chi connectivity index (χ0n) is 10.2. The number of rotatable bonds is 4. The Bertz CT molecular complexity index is 347. The first-order valence-corrected chi connectivity index (χ1v) is 5.10. The van der Waals surface area contributed by atoms with Crippen molar-refractivity contribution in [3.63, 3.8) is 0 Å². The van der Waals surface area contributed by atoms with Gasteiger partial charge in [0.1, 0.15) is 0 Å². The second kappa shape index (κ2) is 5.63. The normalized spacial score (nSPS) is 10.6. The van der Waals surface area contributed by atoms with Gasteiger partial charge in [-0.05, 0) is 31.8 Å². The van der Waals surface area contributed by atoms with Crippen molar-refractivity contribution in [2.24, 2.45) is 0 Å². The van der Waals surface area contributed by atoms with E-state index in [9.17, 15) is 4.79 Å². The standard InChI is InChI=1S/C12H18N2O2/c1-13(2)9-10-5-7-11(8-6-10)12(15)14(3)16-4/h5-8H,9H2,1-4H3. The number of hydrogen-bond donors (Lipinski definition) is 0. The Hall–Kier alpha value is -1.39. The Morgan fingerprint density at radius 3 is 2.19 bits per heavy atom. The molecule has 1 aromatic carbocycles. The van der Waals surface area contributed by atoms with Crippen LogP contribution in [0.4, 0.5) is 0 Å². The molecule has 88 valence electrons. The first-order chi connectivity index (χ1) is 7.54. The van der Waals surface area contributed by atoms with Gasteiger partial charge in [0.25, 0.3) is 5.91 Å². The molecule has 4 nitrogen and oxygen atoms in total. The molecular formula is C12H18N2O2. The summed E-state index contributed by atoms with van der Waals surface area (Å²) in [5.41, 5.74) is 1.81. The lowest BCUT2D eigenvalue weighted by Gasteiger charge is -2.14. The molecule has 0 saturated heterocycles. The second-order valence-corrected chi connectivity index (χ2v) is 3.92. The van der Waals surface area contributed by atoms with E-state index >= 15 is 0 Å². The van der Waals surface area contributed by atoms with Crippen molar-refractivity contribution >= 4 is 5.91 Å². The Labute approximate surface area is 96.4 Å². The number of carbonyl (C=O) groups excluding carboxylic acids is 1. The molecular weight excluding hydrogens is 204 g/mol. The Morgan fingerprint density at radius 1 is 1.19 bits per heavy atom. The predicted octanol–water partition coefficient (Wildman–Crippen LogP) is 1.38.